The third-order valence-electron chi connectivity index (χ3n) is 5.76. The summed E-state index contributed by atoms with van der Waals surface area (Å²) in [7, 11) is 0. The minimum Gasteiger partial charge on any atom is -0.444 e. The van der Waals surface area contributed by atoms with E-state index in [-0.39, 0.29) is 25.4 Å². The van der Waals surface area contributed by atoms with Crippen LogP contribution in [0.25, 0.3) is 0 Å². The Labute approximate surface area is 245 Å². The van der Waals surface area contributed by atoms with Crippen LogP contribution in [-0.2, 0) is 24.8 Å². The van der Waals surface area contributed by atoms with Crippen LogP contribution in [0.4, 0.5) is 15.3 Å². The quantitative estimate of drug-likeness (QED) is 0.376. The van der Waals surface area contributed by atoms with Crippen molar-refractivity contribution in [3.8, 4) is 0 Å². The monoisotopic (exact) mass is 584 g/mol. The van der Waals surface area contributed by atoms with Crippen LogP contribution in [0.15, 0.2) is 59.5 Å². The molecule has 1 fully saturated rings. The van der Waals surface area contributed by atoms with E-state index in [1.807, 2.05) is 42.5 Å². The van der Waals surface area contributed by atoms with Gasteiger partial charge in [-0.25, -0.2) is 9.59 Å². The molecule has 0 radical (unpaired) electrons. The Hall–Kier alpha value is -3.73. The Balaban J connectivity index is 1.60. The smallest absolute Gasteiger partial charge is 0.411 e. The average Bonchev–Trinajstić information content (AvgIpc) is 3.30. The van der Waals surface area contributed by atoms with Crippen LogP contribution >= 0.6 is 11.8 Å². The van der Waals surface area contributed by atoms with Gasteiger partial charge in [-0.3, -0.25) is 14.5 Å². The highest BCUT2D eigenvalue weighted by Gasteiger charge is 2.42. The summed E-state index contributed by atoms with van der Waals surface area (Å²) < 4.78 is 10.7. The van der Waals surface area contributed by atoms with E-state index >= 15 is 0 Å². The first-order valence-corrected chi connectivity index (χ1v) is 14.5. The lowest BCUT2D eigenvalue weighted by Gasteiger charge is -2.28. The van der Waals surface area contributed by atoms with Gasteiger partial charge in [0, 0.05) is 28.9 Å². The molecule has 222 valence electrons. The Kier molecular flexibility index (Phi) is 10.7. The summed E-state index contributed by atoms with van der Waals surface area (Å²) in [5, 5.41) is 8.08. The molecular formula is C30H40N4O6S. The molecule has 2 aromatic carbocycles. The molecule has 4 amide bonds. The van der Waals surface area contributed by atoms with E-state index in [0.717, 1.165) is 10.6 Å². The molecule has 0 aromatic heterocycles. The zero-order valence-corrected chi connectivity index (χ0v) is 25.3. The van der Waals surface area contributed by atoms with E-state index < -0.39 is 41.4 Å². The normalized spacial score (nSPS) is 17.0. The molecule has 0 saturated carbocycles. The fraction of sp³-hybridized carbons (Fsp3) is 0.467. The van der Waals surface area contributed by atoms with E-state index in [0.29, 0.717) is 5.69 Å². The van der Waals surface area contributed by atoms with Crippen molar-refractivity contribution in [2.24, 2.45) is 0 Å². The molecule has 2 atom stereocenters. The van der Waals surface area contributed by atoms with E-state index in [1.54, 1.807) is 53.3 Å². The second-order valence-corrected chi connectivity index (χ2v) is 12.8. The first-order chi connectivity index (χ1) is 19.2. The van der Waals surface area contributed by atoms with E-state index in [9.17, 15) is 19.2 Å². The molecule has 1 aliphatic rings. The summed E-state index contributed by atoms with van der Waals surface area (Å²) in [6, 6.07) is 16.3. The van der Waals surface area contributed by atoms with Crippen molar-refractivity contribution in [1.82, 2.24) is 15.5 Å². The number of rotatable bonds is 8. The van der Waals surface area contributed by atoms with Gasteiger partial charge in [-0.15, -0.1) is 11.8 Å². The Bertz CT molecular complexity index is 1210. The number of likely N-dealkylation sites (tertiary alicyclic amines) is 1. The van der Waals surface area contributed by atoms with Crippen molar-refractivity contribution in [2.75, 3.05) is 18.4 Å². The predicted molar refractivity (Wildman–Crippen MR) is 159 cm³/mol. The lowest BCUT2D eigenvalue weighted by Crippen LogP contribution is -2.46. The van der Waals surface area contributed by atoms with Crippen LogP contribution < -0.4 is 16.0 Å². The van der Waals surface area contributed by atoms with Crippen LogP contribution in [-0.4, -0.2) is 65.3 Å². The second kappa shape index (κ2) is 13.8. The van der Waals surface area contributed by atoms with Crippen molar-refractivity contribution in [2.45, 2.75) is 81.9 Å². The van der Waals surface area contributed by atoms with Crippen molar-refractivity contribution < 1.29 is 28.7 Å². The fourth-order valence-corrected chi connectivity index (χ4v) is 4.91. The molecule has 0 bridgehead atoms. The van der Waals surface area contributed by atoms with Gasteiger partial charge in [-0.05, 0) is 77.8 Å². The fourth-order valence-electron chi connectivity index (χ4n) is 4.06. The molecule has 1 saturated heterocycles. The maximum atomic E-state index is 13.3. The van der Waals surface area contributed by atoms with Gasteiger partial charge in [0.2, 0.25) is 11.8 Å². The van der Waals surface area contributed by atoms with Gasteiger partial charge >= 0.3 is 12.2 Å². The zero-order chi connectivity index (χ0) is 30.2. The number of anilines is 1. The van der Waals surface area contributed by atoms with Gasteiger partial charge < -0.3 is 25.4 Å². The Morgan fingerprint density at radius 3 is 2.15 bits per heavy atom. The Morgan fingerprint density at radius 2 is 1.54 bits per heavy atom. The lowest BCUT2D eigenvalue weighted by molar-refractivity contribution is -0.121. The largest absolute Gasteiger partial charge is 0.444 e. The van der Waals surface area contributed by atoms with Gasteiger partial charge in [0.05, 0.1) is 0 Å². The predicted octanol–water partition coefficient (Wildman–Crippen LogP) is 4.94. The number of benzene rings is 2. The number of hydrogen-bond acceptors (Lipinski definition) is 7. The highest BCUT2D eigenvalue weighted by molar-refractivity contribution is 7.98. The number of thioether (sulfide) groups is 1. The number of nitrogens with one attached hydrogen (secondary N) is 3. The number of carbonyl (C=O) groups excluding carboxylic acids is 4. The summed E-state index contributed by atoms with van der Waals surface area (Å²) in [5.41, 5.74) is 0.365. The Morgan fingerprint density at radius 1 is 0.902 bits per heavy atom. The van der Waals surface area contributed by atoms with Crippen LogP contribution in [0.5, 0.6) is 0 Å². The lowest BCUT2D eigenvalue weighted by atomic mass is 10.1. The van der Waals surface area contributed by atoms with Gasteiger partial charge in [-0.1, -0.05) is 30.3 Å². The summed E-state index contributed by atoms with van der Waals surface area (Å²) in [6.45, 7) is 10.2. The van der Waals surface area contributed by atoms with Gasteiger partial charge in [0.15, 0.2) is 0 Å². The molecule has 0 spiro atoms. The number of nitrogens with zero attached hydrogens (tertiary/aromatic N) is 1. The molecule has 1 aliphatic heterocycles. The van der Waals surface area contributed by atoms with E-state index in [2.05, 4.69) is 28.1 Å². The molecule has 11 heteroatoms. The number of ether oxygens (including phenoxy) is 2. The molecule has 0 unspecified atom stereocenters. The van der Waals surface area contributed by atoms with Gasteiger partial charge in [-0.2, -0.15) is 0 Å². The number of carbonyl (C=O) groups is 4. The molecule has 3 N–H and O–H groups in total. The minimum absolute atomic E-state index is 0.0836. The van der Waals surface area contributed by atoms with Crippen LogP contribution in [0, 0.1) is 0 Å². The SMILES string of the molecule is CC(C)(C)OC(=O)NCC(=O)N[C@@H]1C[C@@H](C(=O)Nc2ccc(SCc3ccccc3)cc2)N(C(=O)OC(C)(C)C)C1. The van der Waals surface area contributed by atoms with E-state index in [4.69, 9.17) is 9.47 Å². The standard InChI is InChI=1S/C30H40N4O6S/c1-29(2,3)39-27(37)31-17-25(35)32-22-16-24(34(18-22)28(38)40-30(4,5)6)26(36)33-21-12-14-23(15-13-21)41-19-20-10-8-7-9-11-20/h7-15,22,24H,16-19H2,1-6H3,(H,31,37)(H,32,35)(H,33,36)/t22-,24+/m1/s1. The summed E-state index contributed by atoms with van der Waals surface area (Å²) >= 11 is 1.69. The molecule has 2 aromatic rings. The molecule has 10 nitrogen and oxygen atoms in total. The zero-order valence-electron chi connectivity index (χ0n) is 24.5. The number of hydrogen-bond donors (Lipinski definition) is 3. The van der Waals surface area contributed by atoms with Crippen molar-refractivity contribution in [3.63, 3.8) is 0 Å². The third-order valence-corrected chi connectivity index (χ3v) is 6.84. The average molecular weight is 585 g/mol. The van der Waals surface area contributed by atoms with E-state index in [1.165, 1.54) is 10.5 Å². The maximum absolute atomic E-state index is 13.3. The molecule has 3 rings (SSSR count). The maximum Gasteiger partial charge on any atom is 0.411 e. The van der Waals surface area contributed by atoms with Crippen LogP contribution in [0.3, 0.4) is 0 Å². The highest BCUT2D eigenvalue weighted by atomic mass is 32.2. The minimum atomic E-state index is -0.860. The van der Waals surface area contributed by atoms with Gasteiger partial charge in [0.1, 0.15) is 23.8 Å². The summed E-state index contributed by atoms with van der Waals surface area (Å²) in [6.07, 6.45) is -1.17. The van der Waals surface area contributed by atoms with Crippen molar-refractivity contribution in [1.29, 1.82) is 0 Å². The van der Waals surface area contributed by atoms with Crippen molar-refractivity contribution >= 4 is 41.5 Å². The number of alkyl carbamates (subject to hydrolysis) is 1. The molecule has 0 aliphatic carbocycles. The summed E-state index contributed by atoms with van der Waals surface area (Å²) in [4.78, 5) is 53.1. The van der Waals surface area contributed by atoms with Gasteiger partial charge in [0.25, 0.3) is 0 Å². The second-order valence-electron chi connectivity index (χ2n) is 11.8. The highest BCUT2D eigenvalue weighted by Crippen LogP contribution is 2.26. The molecule has 1 heterocycles. The van der Waals surface area contributed by atoms with Crippen LogP contribution in [0.1, 0.15) is 53.5 Å². The molecule has 41 heavy (non-hydrogen) atoms. The number of amides is 4. The third kappa shape index (κ3) is 11.0. The van der Waals surface area contributed by atoms with Crippen molar-refractivity contribution in [3.05, 3.63) is 60.2 Å². The van der Waals surface area contributed by atoms with Crippen LogP contribution in [0.2, 0.25) is 0 Å². The first kappa shape index (κ1) is 31.8. The summed E-state index contributed by atoms with van der Waals surface area (Å²) in [5.74, 6) is -0.0151. The topological polar surface area (TPSA) is 126 Å². The molecular weight excluding hydrogens is 544 g/mol. The first-order valence-electron chi connectivity index (χ1n) is 13.5.